The Morgan fingerprint density at radius 1 is 1.14 bits per heavy atom. The van der Waals surface area contributed by atoms with E-state index in [2.05, 4.69) is 17.1 Å². The molecule has 4 heteroatoms. The van der Waals surface area contributed by atoms with Crippen LogP contribution in [0.25, 0.3) is 11.3 Å². The molecule has 2 aromatic rings. The second-order valence-electron chi connectivity index (χ2n) is 6.80. The van der Waals surface area contributed by atoms with Crippen LogP contribution in [-0.2, 0) is 5.60 Å². The zero-order valence-corrected chi connectivity index (χ0v) is 12.9. The molecule has 2 unspecified atom stereocenters. The highest BCUT2D eigenvalue weighted by Gasteiger charge is 2.44. The van der Waals surface area contributed by atoms with E-state index >= 15 is 0 Å². The van der Waals surface area contributed by atoms with E-state index in [0.29, 0.717) is 12.1 Å². The van der Waals surface area contributed by atoms with E-state index in [9.17, 15) is 5.11 Å². The zero-order valence-electron chi connectivity index (χ0n) is 12.9. The SMILES string of the molecule is CN1C2CCCC1CC(O)(c1ccc(-c3ccno3)cc1)C2. The molecule has 2 atom stereocenters. The van der Waals surface area contributed by atoms with Gasteiger partial charge in [0.15, 0.2) is 5.76 Å². The molecule has 3 heterocycles. The van der Waals surface area contributed by atoms with E-state index in [1.807, 2.05) is 30.3 Å². The van der Waals surface area contributed by atoms with Crippen LogP contribution >= 0.6 is 0 Å². The third kappa shape index (κ3) is 2.27. The number of hydrogen-bond acceptors (Lipinski definition) is 4. The lowest BCUT2D eigenvalue weighted by molar-refractivity contribution is -0.0874. The topological polar surface area (TPSA) is 49.5 Å². The standard InChI is InChI=1S/C18H22N2O2/c1-20-15-3-2-4-16(20)12-18(21,11-15)14-7-5-13(6-8-14)17-9-10-19-22-17/h5-10,15-16,21H,2-4,11-12H2,1H3. The molecule has 0 spiro atoms. The molecule has 4 rings (SSSR count). The molecule has 2 saturated heterocycles. The third-order valence-electron chi connectivity index (χ3n) is 5.52. The Hall–Kier alpha value is -1.65. The average Bonchev–Trinajstić information content (AvgIpc) is 3.04. The quantitative estimate of drug-likeness (QED) is 0.925. The molecule has 0 saturated carbocycles. The molecule has 1 aromatic heterocycles. The number of rotatable bonds is 2. The van der Waals surface area contributed by atoms with Crippen molar-refractivity contribution in [1.29, 1.82) is 0 Å². The summed E-state index contributed by atoms with van der Waals surface area (Å²) in [5.74, 6) is 0.763. The number of hydrogen-bond donors (Lipinski definition) is 1. The maximum absolute atomic E-state index is 11.2. The Morgan fingerprint density at radius 2 is 1.82 bits per heavy atom. The second-order valence-corrected chi connectivity index (χ2v) is 6.80. The van der Waals surface area contributed by atoms with Crippen LogP contribution in [0.4, 0.5) is 0 Å². The number of aromatic nitrogens is 1. The van der Waals surface area contributed by atoms with Gasteiger partial charge in [0.1, 0.15) is 0 Å². The highest BCUT2D eigenvalue weighted by molar-refractivity contribution is 5.57. The molecule has 1 aromatic carbocycles. The highest BCUT2D eigenvalue weighted by Crippen LogP contribution is 2.43. The summed E-state index contributed by atoms with van der Waals surface area (Å²) in [6.45, 7) is 0. The first-order valence-electron chi connectivity index (χ1n) is 8.12. The van der Waals surface area contributed by atoms with Gasteiger partial charge in [-0.15, -0.1) is 0 Å². The Kier molecular flexibility index (Phi) is 3.31. The van der Waals surface area contributed by atoms with Crippen molar-refractivity contribution in [3.63, 3.8) is 0 Å². The molecule has 0 amide bonds. The van der Waals surface area contributed by atoms with Crippen LogP contribution in [0.3, 0.4) is 0 Å². The van der Waals surface area contributed by atoms with Gasteiger partial charge in [0.05, 0.1) is 11.8 Å². The molecular formula is C18H22N2O2. The minimum absolute atomic E-state index is 0.506. The largest absolute Gasteiger partial charge is 0.385 e. The average molecular weight is 298 g/mol. The zero-order chi connectivity index (χ0) is 15.2. The third-order valence-corrected chi connectivity index (χ3v) is 5.52. The number of nitrogens with zero attached hydrogens (tertiary/aromatic N) is 2. The Bertz CT molecular complexity index is 622. The molecule has 0 radical (unpaired) electrons. The summed E-state index contributed by atoms with van der Waals surface area (Å²) < 4.78 is 5.19. The summed E-state index contributed by atoms with van der Waals surface area (Å²) in [7, 11) is 2.21. The van der Waals surface area contributed by atoms with Gasteiger partial charge in [0.25, 0.3) is 0 Å². The normalized spacial score (nSPS) is 32.1. The van der Waals surface area contributed by atoms with Crippen molar-refractivity contribution in [2.75, 3.05) is 7.05 Å². The molecule has 4 nitrogen and oxygen atoms in total. The molecule has 2 aliphatic heterocycles. The number of piperidine rings is 2. The Balaban J connectivity index is 1.61. The minimum Gasteiger partial charge on any atom is -0.385 e. The lowest BCUT2D eigenvalue weighted by Crippen LogP contribution is -2.55. The smallest absolute Gasteiger partial charge is 0.166 e. The van der Waals surface area contributed by atoms with Gasteiger partial charge in [-0.2, -0.15) is 0 Å². The van der Waals surface area contributed by atoms with Crippen molar-refractivity contribution in [3.05, 3.63) is 42.1 Å². The van der Waals surface area contributed by atoms with Crippen LogP contribution in [0.1, 0.15) is 37.7 Å². The highest BCUT2D eigenvalue weighted by atomic mass is 16.5. The predicted octanol–water partition coefficient (Wildman–Crippen LogP) is 3.18. The maximum Gasteiger partial charge on any atom is 0.166 e. The van der Waals surface area contributed by atoms with Gasteiger partial charge in [-0.1, -0.05) is 35.8 Å². The van der Waals surface area contributed by atoms with E-state index in [1.165, 1.54) is 19.3 Å². The van der Waals surface area contributed by atoms with Crippen LogP contribution < -0.4 is 0 Å². The van der Waals surface area contributed by atoms with Crippen LogP contribution in [0.5, 0.6) is 0 Å². The summed E-state index contributed by atoms with van der Waals surface area (Å²) in [6, 6.07) is 11.0. The monoisotopic (exact) mass is 298 g/mol. The predicted molar refractivity (Wildman–Crippen MR) is 84.3 cm³/mol. The van der Waals surface area contributed by atoms with Crippen LogP contribution in [0.2, 0.25) is 0 Å². The summed E-state index contributed by atoms with van der Waals surface area (Å²) in [4.78, 5) is 2.47. The molecule has 2 fully saturated rings. The number of fused-ring (bicyclic) bond motifs is 2. The van der Waals surface area contributed by atoms with Crippen molar-refractivity contribution >= 4 is 0 Å². The lowest BCUT2D eigenvalue weighted by Gasteiger charge is -2.50. The molecular weight excluding hydrogens is 276 g/mol. The molecule has 116 valence electrons. The molecule has 1 N–H and O–H groups in total. The van der Waals surface area contributed by atoms with Crippen molar-refractivity contribution in [2.24, 2.45) is 0 Å². The molecule has 0 aliphatic carbocycles. The van der Waals surface area contributed by atoms with Gasteiger partial charge in [-0.05, 0) is 38.3 Å². The van der Waals surface area contributed by atoms with E-state index in [-0.39, 0.29) is 0 Å². The maximum atomic E-state index is 11.2. The summed E-state index contributed by atoms with van der Waals surface area (Å²) in [6.07, 6.45) is 7.01. The second kappa shape index (κ2) is 5.21. The Morgan fingerprint density at radius 3 is 2.41 bits per heavy atom. The number of aliphatic hydroxyl groups is 1. The summed E-state index contributed by atoms with van der Waals surface area (Å²) >= 11 is 0. The fourth-order valence-electron chi connectivity index (χ4n) is 4.19. The van der Waals surface area contributed by atoms with Crippen molar-refractivity contribution in [2.45, 2.75) is 49.8 Å². The molecule has 22 heavy (non-hydrogen) atoms. The van der Waals surface area contributed by atoms with Gasteiger partial charge in [-0.3, -0.25) is 0 Å². The van der Waals surface area contributed by atoms with Gasteiger partial charge >= 0.3 is 0 Å². The number of benzene rings is 1. The summed E-state index contributed by atoms with van der Waals surface area (Å²) in [5, 5.41) is 15.0. The first-order chi connectivity index (χ1) is 10.7. The molecule has 2 bridgehead atoms. The first kappa shape index (κ1) is 14.0. The van der Waals surface area contributed by atoms with E-state index in [4.69, 9.17) is 4.52 Å². The first-order valence-corrected chi connectivity index (χ1v) is 8.12. The van der Waals surface area contributed by atoms with Crippen molar-refractivity contribution < 1.29 is 9.63 Å². The minimum atomic E-state index is -0.692. The molecule has 2 aliphatic rings. The van der Waals surface area contributed by atoms with Gasteiger partial charge in [0, 0.05) is 23.7 Å². The summed E-state index contributed by atoms with van der Waals surface area (Å²) in [5.41, 5.74) is 1.33. The van der Waals surface area contributed by atoms with E-state index in [1.54, 1.807) is 6.20 Å². The van der Waals surface area contributed by atoms with Crippen molar-refractivity contribution in [1.82, 2.24) is 10.1 Å². The van der Waals surface area contributed by atoms with Crippen LogP contribution in [-0.4, -0.2) is 34.3 Å². The van der Waals surface area contributed by atoms with Gasteiger partial charge in [0.2, 0.25) is 0 Å². The van der Waals surface area contributed by atoms with Crippen molar-refractivity contribution in [3.8, 4) is 11.3 Å². The van der Waals surface area contributed by atoms with Gasteiger partial charge in [-0.25, -0.2) is 0 Å². The van der Waals surface area contributed by atoms with Gasteiger partial charge < -0.3 is 14.5 Å². The fraction of sp³-hybridized carbons (Fsp3) is 0.500. The van der Waals surface area contributed by atoms with Crippen LogP contribution in [0, 0.1) is 0 Å². The Labute approximate surface area is 130 Å². The van der Waals surface area contributed by atoms with Crippen LogP contribution in [0.15, 0.2) is 41.1 Å². The van der Waals surface area contributed by atoms with E-state index < -0.39 is 5.60 Å². The van der Waals surface area contributed by atoms with E-state index in [0.717, 1.165) is 29.7 Å². The lowest BCUT2D eigenvalue weighted by atomic mass is 9.73. The fourth-order valence-corrected chi connectivity index (χ4v) is 4.19.